The molecule has 1 unspecified atom stereocenters. The first-order valence-corrected chi connectivity index (χ1v) is 6.97. The standard InChI is InChI=1S/C14H18N2S/c1-3-10(2)9-17-13-7-6-12(15)11-5-4-8-16-14(11)13/h4-8,10H,3,9,15H2,1-2H3. The minimum Gasteiger partial charge on any atom is -0.398 e. The Kier molecular flexibility index (Phi) is 3.89. The lowest BCUT2D eigenvalue weighted by molar-refractivity contribution is 0.637. The van der Waals surface area contributed by atoms with Crippen molar-refractivity contribution in [2.75, 3.05) is 11.5 Å². The van der Waals surface area contributed by atoms with E-state index >= 15 is 0 Å². The van der Waals surface area contributed by atoms with E-state index in [1.165, 1.54) is 11.3 Å². The molecule has 1 aromatic heterocycles. The second-order valence-electron chi connectivity index (χ2n) is 4.38. The van der Waals surface area contributed by atoms with Gasteiger partial charge in [0.1, 0.15) is 0 Å². The molecular weight excluding hydrogens is 228 g/mol. The van der Waals surface area contributed by atoms with Gasteiger partial charge in [-0.15, -0.1) is 11.8 Å². The van der Waals surface area contributed by atoms with Crippen LogP contribution in [0.15, 0.2) is 35.4 Å². The molecule has 1 atom stereocenters. The molecule has 2 rings (SSSR count). The summed E-state index contributed by atoms with van der Waals surface area (Å²) in [6, 6.07) is 8.02. The normalized spacial score (nSPS) is 12.8. The van der Waals surface area contributed by atoms with E-state index in [1.54, 1.807) is 0 Å². The number of nitrogens with two attached hydrogens (primary N) is 1. The molecule has 2 N–H and O–H groups in total. The Balaban J connectivity index is 2.32. The van der Waals surface area contributed by atoms with Crippen LogP contribution in [0.2, 0.25) is 0 Å². The van der Waals surface area contributed by atoms with Gasteiger partial charge in [0.2, 0.25) is 0 Å². The Morgan fingerprint density at radius 3 is 2.94 bits per heavy atom. The van der Waals surface area contributed by atoms with Gasteiger partial charge in [0.15, 0.2) is 0 Å². The number of thioether (sulfide) groups is 1. The molecule has 3 heteroatoms. The van der Waals surface area contributed by atoms with Gasteiger partial charge in [-0.2, -0.15) is 0 Å². The highest BCUT2D eigenvalue weighted by Crippen LogP contribution is 2.31. The van der Waals surface area contributed by atoms with Crippen molar-refractivity contribution in [1.29, 1.82) is 0 Å². The van der Waals surface area contributed by atoms with Crippen LogP contribution >= 0.6 is 11.8 Å². The number of anilines is 1. The van der Waals surface area contributed by atoms with E-state index in [-0.39, 0.29) is 0 Å². The lowest BCUT2D eigenvalue weighted by Gasteiger charge is -2.10. The number of nitrogen functional groups attached to an aromatic ring is 1. The molecule has 1 aromatic carbocycles. The highest BCUT2D eigenvalue weighted by molar-refractivity contribution is 7.99. The van der Waals surface area contributed by atoms with Gasteiger partial charge in [0.25, 0.3) is 0 Å². The number of fused-ring (bicyclic) bond motifs is 1. The van der Waals surface area contributed by atoms with Gasteiger partial charge in [-0.1, -0.05) is 20.3 Å². The number of rotatable bonds is 4. The van der Waals surface area contributed by atoms with Crippen LogP contribution in [0.1, 0.15) is 20.3 Å². The minimum absolute atomic E-state index is 0.733. The molecule has 0 spiro atoms. The zero-order valence-electron chi connectivity index (χ0n) is 10.3. The van der Waals surface area contributed by atoms with Crippen LogP contribution in [0.5, 0.6) is 0 Å². The molecule has 90 valence electrons. The van der Waals surface area contributed by atoms with Crippen molar-refractivity contribution in [3.05, 3.63) is 30.5 Å². The fourth-order valence-corrected chi connectivity index (χ4v) is 2.80. The molecule has 0 fully saturated rings. The van der Waals surface area contributed by atoms with E-state index in [2.05, 4.69) is 24.9 Å². The Labute approximate surface area is 107 Å². The van der Waals surface area contributed by atoms with Crippen LogP contribution in [0.25, 0.3) is 10.9 Å². The summed E-state index contributed by atoms with van der Waals surface area (Å²) >= 11 is 1.87. The van der Waals surface area contributed by atoms with E-state index in [9.17, 15) is 0 Å². The van der Waals surface area contributed by atoms with Gasteiger partial charge in [0.05, 0.1) is 5.52 Å². The van der Waals surface area contributed by atoms with Crippen LogP contribution in [0, 0.1) is 5.92 Å². The summed E-state index contributed by atoms with van der Waals surface area (Å²) in [5.41, 5.74) is 7.79. The summed E-state index contributed by atoms with van der Waals surface area (Å²) < 4.78 is 0. The maximum atomic E-state index is 5.96. The molecule has 1 heterocycles. The molecule has 0 aliphatic carbocycles. The molecule has 0 saturated heterocycles. The molecule has 0 bridgehead atoms. The van der Waals surface area contributed by atoms with Crippen molar-refractivity contribution in [2.45, 2.75) is 25.2 Å². The Bertz CT molecular complexity index is 511. The lowest BCUT2D eigenvalue weighted by atomic mass is 10.2. The van der Waals surface area contributed by atoms with Crippen molar-refractivity contribution in [3.8, 4) is 0 Å². The highest BCUT2D eigenvalue weighted by atomic mass is 32.2. The monoisotopic (exact) mass is 246 g/mol. The van der Waals surface area contributed by atoms with Crippen molar-refractivity contribution >= 4 is 28.4 Å². The highest BCUT2D eigenvalue weighted by Gasteiger charge is 2.07. The smallest absolute Gasteiger partial charge is 0.0858 e. The third kappa shape index (κ3) is 2.72. The first-order valence-electron chi connectivity index (χ1n) is 5.98. The van der Waals surface area contributed by atoms with Crippen molar-refractivity contribution in [3.63, 3.8) is 0 Å². The Morgan fingerprint density at radius 1 is 1.35 bits per heavy atom. The zero-order valence-corrected chi connectivity index (χ0v) is 11.1. The SMILES string of the molecule is CCC(C)CSc1ccc(N)c2cccnc12. The molecule has 17 heavy (non-hydrogen) atoms. The number of hydrogen-bond donors (Lipinski definition) is 1. The number of hydrogen-bond acceptors (Lipinski definition) is 3. The number of nitrogens with zero attached hydrogens (tertiary/aromatic N) is 1. The Hall–Kier alpha value is -1.22. The van der Waals surface area contributed by atoms with Gasteiger partial charge < -0.3 is 5.73 Å². The Morgan fingerprint density at radius 2 is 2.18 bits per heavy atom. The average Bonchev–Trinajstić information content (AvgIpc) is 2.38. The summed E-state index contributed by atoms with van der Waals surface area (Å²) in [5, 5.41) is 1.06. The summed E-state index contributed by atoms with van der Waals surface area (Å²) in [6.07, 6.45) is 3.04. The van der Waals surface area contributed by atoms with Gasteiger partial charge >= 0.3 is 0 Å². The van der Waals surface area contributed by atoms with Crippen LogP contribution < -0.4 is 5.73 Å². The molecule has 2 nitrogen and oxygen atoms in total. The van der Waals surface area contributed by atoms with Crippen LogP contribution in [0.3, 0.4) is 0 Å². The molecular formula is C14H18N2S. The third-order valence-corrected chi connectivity index (χ3v) is 4.36. The predicted molar refractivity (Wildman–Crippen MR) is 76.3 cm³/mol. The van der Waals surface area contributed by atoms with E-state index in [1.807, 2.05) is 36.2 Å². The van der Waals surface area contributed by atoms with E-state index in [0.717, 1.165) is 28.3 Å². The van der Waals surface area contributed by atoms with E-state index < -0.39 is 0 Å². The first-order chi connectivity index (χ1) is 8.22. The largest absolute Gasteiger partial charge is 0.398 e. The van der Waals surface area contributed by atoms with Crippen molar-refractivity contribution < 1.29 is 0 Å². The maximum Gasteiger partial charge on any atom is 0.0858 e. The molecule has 2 aromatic rings. The van der Waals surface area contributed by atoms with Crippen molar-refractivity contribution in [1.82, 2.24) is 4.98 Å². The lowest BCUT2D eigenvalue weighted by Crippen LogP contribution is -1.96. The van der Waals surface area contributed by atoms with Crippen LogP contribution in [0.4, 0.5) is 5.69 Å². The molecule has 0 aliphatic heterocycles. The van der Waals surface area contributed by atoms with Crippen molar-refractivity contribution in [2.24, 2.45) is 5.92 Å². The van der Waals surface area contributed by atoms with Gasteiger partial charge in [-0.3, -0.25) is 4.98 Å². The quantitative estimate of drug-likeness (QED) is 0.655. The fraction of sp³-hybridized carbons (Fsp3) is 0.357. The summed E-state index contributed by atoms with van der Waals surface area (Å²) in [7, 11) is 0. The molecule has 0 amide bonds. The average molecular weight is 246 g/mol. The van der Waals surface area contributed by atoms with Gasteiger partial charge in [0, 0.05) is 27.9 Å². The second-order valence-corrected chi connectivity index (χ2v) is 5.44. The molecule has 0 radical (unpaired) electrons. The van der Waals surface area contributed by atoms with Crippen LogP contribution in [-0.2, 0) is 0 Å². The summed E-state index contributed by atoms with van der Waals surface area (Å²) in [6.45, 7) is 4.50. The second kappa shape index (κ2) is 5.41. The fourth-order valence-electron chi connectivity index (χ4n) is 1.64. The maximum absolute atomic E-state index is 5.96. The first kappa shape index (κ1) is 12.2. The van der Waals surface area contributed by atoms with Crippen LogP contribution in [-0.4, -0.2) is 10.7 Å². The molecule has 0 aliphatic rings. The third-order valence-electron chi connectivity index (χ3n) is 2.99. The summed E-state index contributed by atoms with van der Waals surface area (Å²) in [5.74, 6) is 1.86. The van der Waals surface area contributed by atoms with Gasteiger partial charge in [-0.05, 0) is 30.2 Å². The summed E-state index contributed by atoms with van der Waals surface area (Å²) in [4.78, 5) is 5.68. The number of aromatic nitrogens is 1. The van der Waals surface area contributed by atoms with E-state index in [0.29, 0.717) is 0 Å². The topological polar surface area (TPSA) is 38.9 Å². The molecule has 0 saturated carbocycles. The predicted octanol–water partition coefficient (Wildman–Crippen LogP) is 3.96. The number of pyridine rings is 1. The minimum atomic E-state index is 0.733. The zero-order chi connectivity index (χ0) is 12.3. The van der Waals surface area contributed by atoms with E-state index in [4.69, 9.17) is 5.73 Å². The van der Waals surface area contributed by atoms with Gasteiger partial charge in [-0.25, -0.2) is 0 Å². The number of benzene rings is 1.